The zero-order valence-electron chi connectivity index (χ0n) is 39.4. The second-order valence-electron chi connectivity index (χ2n) is 15.3. The Morgan fingerprint density at radius 3 is 2.17 bits per heavy atom. The molecule has 1 atom stereocenters. The molecule has 0 bridgehead atoms. The molecule has 7 rings (SSSR count). The lowest BCUT2D eigenvalue weighted by atomic mass is 9.92. The third kappa shape index (κ3) is 13.1. The van der Waals surface area contributed by atoms with Crippen LogP contribution in [0.25, 0.3) is 44.2 Å². The van der Waals surface area contributed by atoms with Gasteiger partial charge in [-0.2, -0.15) is 0 Å². The summed E-state index contributed by atoms with van der Waals surface area (Å²) in [4.78, 5) is 68.7. The highest BCUT2D eigenvalue weighted by atomic mass is 19.2. The van der Waals surface area contributed by atoms with E-state index in [1.807, 2.05) is 38.1 Å². The summed E-state index contributed by atoms with van der Waals surface area (Å²) in [7, 11) is 7.56. The summed E-state index contributed by atoms with van der Waals surface area (Å²) in [5.41, 5.74) is 6.52. The average Bonchev–Trinajstić information content (AvgIpc) is 3.98. The molecule has 1 aliphatic rings. The Labute approximate surface area is 385 Å². The Kier molecular flexibility index (Phi) is 20.6. The highest BCUT2D eigenvalue weighted by Crippen LogP contribution is 2.42. The van der Waals surface area contributed by atoms with Crippen LogP contribution in [0.1, 0.15) is 75.8 Å². The van der Waals surface area contributed by atoms with Crippen molar-refractivity contribution in [1.82, 2.24) is 40.2 Å². The number of fused-ring (bicyclic) bond motifs is 6. The molecule has 4 amide bonds. The molecule has 0 saturated carbocycles. The fourth-order valence-corrected chi connectivity index (χ4v) is 7.24. The van der Waals surface area contributed by atoms with Crippen molar-refractivity contribution >= 4 is 46.1 Å². The Hall–Kier alpha value is -6.85. The number of hydrogen-bond acceptors (Lipinski definition) is 10. The number of amides is 4. The van der Waals surface area contributed by atoms with Gasteiger partial charge in [-0.1, -0.05) is 87.1 Å². The van der Waals surface area contributed by atoms with E-state index in [0.717, 1.165) is 57.8 Å². The SMILES string of the molecule is CCC.CCCN(Cc1ncc(-c2ccc3c(c2)COc2cc4c(ccc5[nH]c(CN(CCC)C(=O)C(c6ccccc6)N(F)C(=O)OC)nc54)cc2-3)[nH]1)C(=O)CNC=O.COC.COC. The van der Waals surface area contributed by atoms with Gasteiger partial charge in [0.25, 0.3) is 5.91 Å². The Balaban J connectivity index is 0.000000979. The molecule has 6 aromatic rings. The standard InChI is InChI=1S/C42H43FN8O6.C3H8.2C2H6O/c1-4-15-49(38(53)21-44-25-52)22-36-45-20-34(47-36)28-11-13-30-29(17-28)24-57-35-19-31-27(18-32(30)35)12-14-33-39(31)48-37(46-33)23-50(16-5-2)41(54)40(51(43)42(55)56-3)26-9-7-6-8-10-26;3*1-3-2/h6-14,17-20,25,40H,4-5,15-16,21-24H2,1-3H3,(H,44,52)(H,45,47)(H,46,48);3H2,1-2H3;2*1-2H3. The van der Waals surface area contributed by atoms with Gasteiger partial charge in [0.15, 0.2) is 6.04 Å². The normalized spacial score (nSPS) is 11.4. The van der Waals surface area contributed by atoms with E-state index in [1.165, 1.54) is 11.3 Å². The first kappa shape index (κ1) is 51.8. The van der Waals surface area contributed by atoms with E-state index in [-0.39, 0.29) is 24.1 Å². The van der Waals surface area contributed by atoms with Crippen LogP contribution in [0.2, 0.25) is 0 Å². The largest absolute Gasteiger partial charge is 0.488 e. The van der Waals surface area contributed by atoms with Gasteiger partial charge in [-0.15, -0.1) is 5.12 Å². The van der Waals surface area contributed by atoms with Crippen molar-refractivity contribution in [1.29, 1.82) is 0 Å². The predicted molar refractivity (Wildman–Crippen MR) is 253 cm³/mol. The number of imidazole rings is 2. The molecule has 2 aromatic heterocycles. The number of methoxy groups -OCH3 is 3. The van der Waals surface area contributed by atoms with E-state index in [4.69, 9.17) is 9.72 Å². The number of nitrogens with zero attached hydrogens (tertiary/aromatic N) is 5. The number of carbonyl (C=O) groups is 4. The topological polar surface area (TPSA) is 184 Å². The van der Waals surface area contributed by atoms with Gasteiger partial charge in [0.2, 0.25) is 12.3 Å². The smallest absolute Gasteiger partial charge is 0.438 e. The highest BCUT2D eigenvalue weighted by molar-refractivity contribution is 6.07. The van der Waals surface area contributed by atoms with Gasteiger partial charge in [-0.3, -0.25) is 14.4 Å². The van der Waals surface area contributed by atoms with Gasteiger partial charge in [0, 0.05) is 52.5 Å². The van der Waals surface area contributed by atoms with Crippen molar-refractivity contribution in [2.24, 2.45) is 0 Å². The summed E-state index contributed by atoms with van der Waals surface area (Å²) in [6.07, 6.45) is 3.61. The van der Waals surface area contributed by atoms with Crippen LogP contribution in [-0.2, 0) is 48.3 Å². The molecule has 0 radical (unpaired) electrons. The van der Waals surface area contributed by atoms with Gasteiger partial charge in [0.05, 0.1) is 49.7 Å². The minimum absolute atomic E-state index is 0.0597. The molecule has 0 aliphatic carbocycles. The van der Waals surface area contributed by atoms with E-state index in [0.29, 0.717) is 67.6 Å². The van der Waals surface area contributed by atoms with Crippen molar-refractivity contribution in [2.75, 3.05) is 55.2 Å². The van der Waals surface area contributed by atoms with Gasteiger partial charge < -0.3 is 44.0 Å². The number of carbonyl (C=O) groups excluding carboxylic acids is 4. The Bertz CT molecular complexity index is 2490. The predicted octanol–water partition coefficient (Wildman–Crippen LogP) is 8.52. The van der Waals surface area contributed by atoms with Crippen molar-refractivity contribution in [3.63, 3.8) is 0 Å². The molecule has 1 aliphatic heterocycles. The molecule has 17 heteroatoms. The number of nitrogens with one attached hydrogen (secondary N) is 3. The van der Waals surface area contributed by atoms with Gasteiger partial charge in [-0.25, -0.2) is 14.8 Å². The Morgan fingerprint density at radius 1 is 0.848 bits per heavy atom. The Morgan fingerprint density at radius 2 is 1.52 bits per heavy atom. The maximum atomic E-state index is 15.4. The van der Waals surface area contributed by atoms with Gasteiger partial charge >= 0.3 is 6.09 Å². The lowest BCUT2D eigenvalue weighted by molar-refractivity contribution is -0.144. The number of benzene rings is 4. The van der Waals surface area contributed by atoms with E-state index in [9.17, 15) is 19.2 Å². The molecule has 66 heavy (non-hydrogen) atoms. The minimum Gasteiger partial charge on any atom is -0.488 e. The van der Waals surface area contributed by atoms with Crippen molar-refractivity contribution in [3.05, 3.63) is 102 Å². The first-order valence-corrected chi connectivity index (χ1v) is 21.8. The van der Waals surface area contributed by atoms with E-state index < -0.39 is 18.0 Å². The van der Waals surface area contributed by atoms with Crippen LogP contribution in [0, 0.1) is 0 Å². The summed E-state index contributed by atoms with van der Waals surface area (Å²) in [5.74, 6) is 1.08. The molecule has 1 unspecified atom stereocenters. The van der Waals surface area contributed by atoms with Crippen LogP contribution in [0.4, 0.5) is 9.28 Å². The first-order chi connectivity index (χ1) is 32.0. The lowest BCUT2D eigenvalue weighted by Gasteiger charge is -2.29. The molecule has 3 N–H and O–H groups in total. The second kappa shape index (κ2) is 26.2. The van der Waals surface area contributed by atoms with Crippen LogP contribution >= 0.6 is 0 Å². The van der Waals surface area contributed by atoms with Gasteiger partial charge in [0.1, 0.15) is 24.0 Å². The molecular formula is C49H63FN8O8. The number of H-pyrrole nitrogens is 2. The number of aromatic amines is 2. The van der Waals surface area contributed by atoms with Crippen molar-refractivity contribution < 1.29 is 42.6 Å². The van der Waals surface area contributed by atoms with Crippen molar-refractivity contribution in [3.8, 4) is 28.1 Å². The van der Waals surface area contributed by atoms with E-state index in [1.54, 1.807) is 69.9 Å². The van der Waals surface area contributed by atoms with Crippen LogP contribution in [0.5, 0.6) is 5.75 Å². The molecule has 3 heterocycles. The molecule has 4 aromatic carbocycles. The molecule has 16 nitrogen and oxygen atoms in total. The minimum atomic E-state index is -1.54. The maximum absolute atomic E-state index is 15.4. The number of ether oxygens (including phenoxy) is 4. The molecule has 0 saturated heterocycles. The number of aromatic nitrogens is 4. The van der Waals surface area contributed by atoms with Crippen LogP contribution < -0.4 is 10.1 Å². The van der Waals surface area contributed by atoms with E-state index >= 15 is 4.48 Å². The third-order valence-electron chi connectivity index (χ3n) is 9.93. The molecule has 0 spiro atoms. The van der Waals surface area contributed by atoms with Gasteiger partial charge in [-0.05, 0) is 64.7 Å². The monoisotopic (exact) mass is 910 g/mol. The summed E-state index contributed by atoms with van der Waals surface area (Å²) in [6, 6.07) is 21.0. The summed E-state index contributed by atoms with van der Waals surface area (Å²) < 4.78 is 34.8. The zero-order chi connectivity index (χ0) is 48.2. The maximum Gasteiger partial charge on any atom is 0.438 e. The summed E-state index contributed by atoms with van der Waals surface area (Å²) in [5, 5.41) is 4.08. The van der Waals surface area contributed by atoms with E-state index in [2.05, 4.69) is 66.5 Å². The number of halogens is 1. The van der Waals surface area contributed by atoms with Crippen LogP contribution in [0.15, 0.2) is 79.0 Å². The molecular weight excluding hydrogens is 848 g/mol. The average molecular weight is 911 g/mol. The fourth-order valence-electron chi connectivity index (χ4n) is 7.24. The first-order valence-electron chi connectivity index (χ1n) is 21.8. The van der Waals surface area contributed by atoms with Crippen LogP contribution in [-0.4, -0.2) is 114 Å². The zero-order valence-corrected chi connectivity index (χ0v) is 39.4. The second-order valence-corrected chi connectivity index (χ2v) is 15.3. The number of rotatable bonds is 15. The lowest BCUT2D eigenvalue weighted by Crippen LogP contribution is -2.42. The molecule has 354 valence electrons. The third-order valence-corrected chi connectivity index (χ3v) is 9.93. The summed E-state index contributed by atoms with van der Waals surface area (Å²) in [6.45, 7) is 9.64. The molecule has 0 fully saturated rings. The fraction of sp³-hybridized carbons (Fsp3) is 0.388. The summed E-state index contributed by atoms with van der Waals surface area (Å²) >= 11 is 0. The highest BCUT2D eigenvalue weighted by Gasteiger charge is 2.36. The van der Waals surface area contributed by atoms with Crippen molar-refractivity contribution in [2.45, 2.75) is 72.7 Å². The quantitative estimate of drug-likeness (QED) is 0.0667. The number of hydrogen-bond donors (Lipinski definition) is 3. The van der Waals surface area contributed by atoms with Crippen LogP contribution in [0.3, 0.4) is 0 Å².